The van der Waals surface area contributed by atoms with Gasteiger partial charge in [-0.3, -0.25) is 9.59 Å². The van der Waals surface area contributed by atoms with Crippen molar-refractivity contribution in [2.75, 3.05) is 20.3 Å². The summed E-state index contributed by atoms with van der Waals surface area (Å²) in [6, 6.07) is 14.6. The molecule has 1 aromatic heterocycles. The third-order valence-electron chi connectivity index (χ3n) is 5.66. The van der Waals surface area contributed by atoms with E-state index in [2.05, 4.69) is 0 Å². The summed E-state index contributed by atoms with van der Waals surface area (Å²) in [5.41, 5.74) is 0.975. The van der Waals surface area contributed by atoms with Gasteiger partial charge in [0, 0.05) is 12.6 Å². The van der Waals surface area contributed by atoms with Crippen molar-refractivity contribution in [1.82, 2.24) is 4.90 Å². The number of hydrogen-bond acceptors (Lipinski definition) is 7. The maximum absolute atomic E-state index is 13.2. The average Bonchev–Trinajstić information content (AvgIpc) is 3.47. The molecule has 0 spiro atoms. The summed E-state index contributed by atoms with van der Waals surface area (Å²) in [6.45, 7) is 4.59. The lowest BCUT2D eigenvalue weighted by molar-refractivity contribution is -0.140. The predicted octanol–water partition coefficient (Wildman–Crippen LogP) is 4.71. The zero-order valence-corrected chi connectivity index (χ0v) is 19.8. The fourth-order valence-corrected chi connectivity index (χ4v) is 4.13. The number of hydrogen-bond donors (Lipinski definition) is 1. The molecule has 1 fully saturated rings. The maximum atomic E-state index is 13.2. The minimum Gasteiger partial charge on any atom is -0.507 e. The highest BCUT2D eigenvalue weighted by molar-refractivity contribution is 6.46. The van der Waals surface area contributed by atoms with Crippen molar-refractivity contribution in [2.24, 2.45) is 0 Å². The lowest BCUT2D eigenvalue weighted by Gasteiger charge is -2.23. The Labute approximate surface area is 203 Å². The molecule has 35 heavy (non-hydrogen) atoms. The number of nitrogens with zero attached hydrogens (tertiary/aromatic N) is 1. The van der Waals surface area contributed by atoms with Gasteiger partial charge in [-0.05, 0) is 55.8 Å². The molecule has 1 saturated heterocycles. The molecule has 0 radical (unpaired) electrons. The van der Waals surface area contributed by atoms with E-state index in [0.29, 0.717) is 36.2 Å². The van der Waals surface area contributed by atoms with Gasteiger partial charge in [-0.25, -0.2) is 0 Å². The summed E-state index contributed by atoms with van der Waals surface area (Å²) >= 11 is 0. The van der Waals surface area contributed by atoms with Crippen LogP contribution in [-0.4, -0.2) is 42.0 Å². The Hall–Kier alpha value is -4.20. The number of ketones is 1. The van der Waals surface area contributed by atoms with Crippen LogP contribution in [0.15, 0.2) is 70.9 Å². The largest absolute Gasteiger partial charge is 0.507 e. The van der Waals surface area contributed by atoms with E-state index in [-0.39, 0.29) is 23.4 Å². The number of Topliss-reactive ketones (excluding diaryl/α,β-unsaturated/α-hetero) is 1. The average molecular weight is 478 g/mol. The van der Waals surface area contributed by atoms with Crippen molar-refractivity contribution in [1.29, 1.82) is 0 Å². The number of aliphatic hydroxyl groups excluding tert-OH is 1. The second kappa shape index (κ2) is 10.4. The van der Waals surface area contributed by atoms with Crippen LogP contribution >= 0.6 is 0 Å². The lowest BCUT2D eigenvalue weighted by Crippen LogP contribution is -2.29. The smallest absolute Gasteiger partial charge is 0.296 e. The summed E-state index contributed by atoms with van der Waals surface area (Å²) in [5.74, 6) is 0.0100. The van der Waals surface area contributed by atoms with E-state index in [1.807, 2.05) is 19.9 Å². The van der Waals surface area contributed by atoms with E-state index in [4.69, 9.17) is 18.6 Å². The molecule has 1 unspecified atom stereocenters. The summed E-state index contributed by atoms with van der Waals surface area (Å²) in [7, 11) is 1.56. The summed E-state index contributed by atoms with van der Waals surface area (Å²) in [4.78, 5) is 27.8. The molecule has 1 aliphatic heterocycles. The van der Waals surface area contributed by atoms with Crippen LogP contribution in [-0.2, 0) is 16.1 Å². The monoisotopic (exact) mass is 477 g/mol. The predicted molar refractivity (Wildman–Crippen MR) is 128 cm³/mol. The van der Waals surface area contributed by atoms with Gasteiger partial charge in [-0.15, -0.1) is 0 Å². The molecule has 1 N–H and O–H groups in total. The standard InChI is InChI=1S/C27H27NO7/c1-4-33-19-11-12-20(22(15-19)34-5-2)25(29)23-24(21-10-7-13-35-21)28(27(31)26(23)30)16-17-8-6-9-18(14-17)32-3/h6-15,24,29H,4-5,16H2,1-3H3/b25-23-. The molecular formula is C27H27NO7. The van der Waals surface area contributed by atoms with Crippen LogP contribution in [0.25, 0.3) is 5.76 Å². The second-order valence-corrected chi connectivity index (χ2v) is 7.82. The highest BCUT2D eigenvalue weighted by Crippen LogP contribution is 2.42. The molecule has 1 aliphatic rings. The number of aliphatic hydroxyl groups is 1. The minimum absolute atomic E-state index is 0.0713. The Morgan fingerprint density at radius 2 is 1.80 bits per heavy atom. The number of benzene rings is 2. The van der Waals surface area contributed by atoms with Gasteiger partial charge in [0.05, 0.1) is 37.7 Å². The molecular weight excluding hydrogens is 450 g/mol. The molecule has 0 aliphatic carbocycles. The summed E-state index contributed by atoms with van der Waals surface area (Å²) in [5, 5.41) is 11.4. The Morgan fingerprint density at radius 1 is 1.00 bits per heavy atom. The van der Waals surface area contributed by atoms with E-state index in [9.17, 15) is 14.7 Å². The van der Waals surface area contributed by atoms with E-state index >= 15 is 0 Å². The summed E-state index contributed by atoms with van der Waals surface area (Å²) in [6.07, 6.45) is 1.46. The highest BCUT2D eigenvalue weighted by atomic mass is 16.5. The number of rotatable bonds is 9. The fraction of sp³-hybridized carbons (Fsp3) is 0.259. The Balaban J connectivity index is 1.82. The molecule has 1 atom stereocenters. The molecule has 3 aromatic rings. The molecule has 8 heteroatoms. The molecule has 2 heterocycles. The normalized spacial score (nSPS) is 17.0. The van der Waals surface area contributed by atoms with Gasteiger partial charge in [0.25, 0.3) is 11.7 Å². The third-order valence-corrected chi connectivity index (χ3v) is 5.66. The first-order chi connectivity index (χ1) is 17.0. The molecule has 0 bridgehead atoms. The van der Waals surface area contributed by atoms with Crippen molar-refractivity contribution >= 4 is 17.4 Å². The van der Waals surface area contributed by atoms with Crippen molar-refractivity contribution in [3.05, 3.63) is 83.3 Å². The number of ether oxygens (including phenoxy) is 3. The van der Waals surface area contributed by atoms with Crippen LogP contribution in [0.3, 0.4) is 0 Å². The number of methoxy groups -OCH3 is 1. The summed E-state index contributed by atoms with van der Waals surface area (Å²) < 4.78 is 22.1. The van der Waals surface area contributed by atoms with Gasteiger partial charge in [0.15, 0.2) is 0 Å². The van der Waals surface area contributed by atoms with Gasteiger partial charge in [0.1, 0.15) is 34.8 Å². The number of carbonyl (C=O) groups is 2. The van der Waals surface area contributed by atoms with Gasteiger partial charge in [-0.1, -0.05) is 12.1 Å². The van der Waals surface area contributed by atoms with Gasteiger partial charge >= 0.3 is 0 Å². The van der Waals surface area contributed by atoms with Crippen molar-refractivity contribution in [2.45, 2.75) is 26.4 Å². The zero-order valence-electron chi connectivity index (χ0n) is 19.8. The van der Waals surface area contributed by atoms with E-state index in [0.717, 1.165) is 5.56 Å². The quantitative estimate of drug-likeness (QED) is 0.271. The Kier molecular flexibility index (Phi) is 7.10. The Morgan fingerprint density at radius 3 is 2.49 bits per heavy atom. The first-order valence-corrected chi connectivity index (χ1v) is 11.3. The zero-order chi connectivity index (χ0) is 24.9. The maximum Gasteiger partial charge on any atom is 0.296 e. The van der Waals surface area contributed by atoms with Crippen LogP contribution in [0.4, 0.5) is 0 Å². The highest BCUT2D eigenvalue weighted by Gasteiger charge is 2.47. The molecule has 0 saturated carbocycles. The van der Waals surface area contributed by atoms with Crippen LogP contribution in [0, 0.1) is 0 Å². The first-order valence-electron chi connectivity index (χ1n) is 11.3. The first kappa shape index (κ1) is 23.9. The van der Waals surface area contributed by atoms with Crippen LogP contribution in [0.5, 0.6) is 17.2 Å². The molecule has 4 rings (SSSR count). The van der Waals surface area contributed by atoms with Crippen LogP contribution in [0.2, 0.25) is 0 Å². The van der Waals surface area contributed by atoms with E-state index in [1.54, 1.807) is 55.6 Å². The van der Waals surface area contributed by atoms with E-state index in [1.165, 1.54) is 11.2 Å². The molecule has 2 aromatic carbocycles. The van der Waals surface area contributed by atoms with Crippen LogP contribution < -0.4 is 14.2 Å². The minimum atomic E-state index is -0.919. The van der Waals surface area contributed by atoms with Crippen molar-refractivity contribution < 1.29 is 33.3 Å². The van der Waals surface area contributed by atoms with Crippen LogP contribution in [0.1, 0.15) is 36.8 Å². The van der Waals surface area contributed by atoms with Gasteiger partial charge < -0.3 is 28.6 Å². The number of amides is 1. The molecule has 8 nitrogen and oxygen atoms in total. The number of furan rings is 1. The van der Waals surface area contributed by atoms with Gasteiger partial charge in [-0.2, -0.15) is 0 Å². The lowest BCUT2D eigenvalue weighted by atomic mass is 9.98. The van der Waals surface area contributed by atoms with Gasteiger partial charge in [0.2, 0.25) is 0 Å². The second-order valence-electron chi connectivity index (χ2n) is 7.82. The molecule has 1 amide bonds. The fourth-order valence-electron chi connectivity index (χ4n) is 4.13. The SMILES string of the molecule is CCOc1ccc(/C(O)=C2/C(=O)C(=O)N(Cc3cccc(OC)c3)C2c2ccco2)c(OCC)c1. The van der Waals surface area contributed by atoms with E-state index < -0.39 is 17.7 Å². The number of likely N-dealkylation sites (tertiary alicyclic amines) is 1. The van der Waals surface area contributed by atoms with Crippen molar-refractivity contribution in [3.63, 3.8) is 0 Å². The topological polar surface area (TPSA) is 98.4 Å². The number of carbonyl (C=O) groups excluding carboxylic acids is 2. The third kappa shape index (κ3) is 4.73. The molecule has 182 valence electrons. The van der Waals surface area contributed by atoms with Crippen molar-refractivity contribution in [3.8, 4) is 17.2 Å². The Bertz CT molecular complexity index is 1250.